The molecule has 1 amide bonds. The fourth-order valence-electron chi connectivity index (χ4n) is 3.04. The maximum absolute atomic E-state index is 12.5. The standard InChI is InChI=1S/C21H37NO3/c1-16-11-7-8-13-19(23)22(6)14-10-9-12-17(2)20(24)25-18(15-16)21(3,4)5/h8,13,16-18H,7,9-12,14-15H2,1-6H3/b13-8+/t16-,17-,18+/m1/s1. The molecular weight excluding hydrogens is 314 g/mol. The minimum Gasteiger partial charge on any atom is -0.462 e. The van der Waals surface area contributed by atoms with Gasteiger partial charge in [0.15, 0.2) is 0 Å². The van der Waals surface area contributed by atoms with E-state index in [1.54, 1.807) is 11.0 Å². The summed E-state index contributed by atoms with van der Waals surface area (Å²) in [7, 11) is 1.84. The molecule has 0 fully saturated rings. The van der Waals surface area contributed by atoms with Gasteiger partial charge in [-0.3, -0.25) is 9.59 Å². The van der Waals surface area contributed by atoms with Crippen molar-refractivity contribution in [2.24, 2.45) is 17.3 Å². The highest BCUT2D eigenvalue weighted by Gasteiger charge is 2.31. The molecule has 25 heavy (non-hydrogen) atoms. The highest BCUT2D eigenvalue weighted by atomic mass is 16.5. The van der Waals surface area contributed by atoms with Crippen LogP contribution in [0.1, 0.15) is 73.1 Å². The average molecular weight is 352 g/mol. The minimum atomic E-state index is -0.0889. The van der Waals surface area contributed by atoms with Crippen LogP contribution in [0, 0.1) is 17.3 Å². The first-order valence-corrected chi connectivity index (χ1v) is 9.73. The van der Waals surface area contributed by atoms with Crippen molar-refractivity contribution in [1.29, 1.82) is 0 Å². The third-order valence-electron chi connectivity index (χ3n) is 5.09. The van der Waals surface area contributed by atoms with E-state index in [1.165, 1.54) is 0 Å². The predicted molar refractivity (Wildman–Crippen MR) is 102 cm³/mol. The molecule has 0 aromatic heterocycles. The number of hydrogen-bond acceptors (Lipinski definition) is 3. The number of hydrogen-bond donors (Lipinski definition) is 0. The summed E-state index contributed by atoms with van der Waals surface area (Å²) in [5.74, 6) is 0.343. The molecule has 1 aliphatic heterocycles. The number of esters is 1. The average Bonchev–Trinajstić information content (AvgIpc) is 2.52. The molecule has 0 saturated carbocycles. The molecular formula is C21H37NO3. The van der Waals surface area contributed by atoms with Gasteiger partial charge in [0.1, 0.15) is 6.10 Å². The van der Waals surface area contributed by atoms with Crippen molar-refractivity contribution in [1.82, 2.24) is 4.90 Å². The summed E-state index contributed by atoms with van der Waals surface area (Å²) >= 11 is 0. The summed E-state index contributed by atoms with van der Waals surface area (Å²) in [6, 6.07) is 0. The lowest BCUT2D eigenvalue weighted by atomic mass is 9.82. The van der Waals surface area contributed by atoms with E-state index in [9.17, 15) is 9.59 Å². The van der Waals surface area contributed by atoms with Crippen molar-refractivity contribution in [2.75, 3.05) is 13.6 Å². The first-order valence-electron chi connectivity index (χ1n) is 9.73. The molecule has 0 spiro atoms. The molecule has 1 heterocycles. The molecule has 0 bridgehead atoms. The van der Waals surface area contributed by atoms with Crippen LogP contribution in [-0.2, 0) is 14.3 Å². The lowest BCUT2D eigenvalue weighted by Crippen LogP contribution is -2.35. The zero-order chi connectivity index (χ0) is 19.0. The van der Waals surface area contributed by atoms with E-state index < -0.39 is 0 Å². The summed E-state index contributed by atoms with van der Waals surface area (Å²) in [6.45, 7) is 11.3. The summed E-state index contributed by atoms with van der Waals surface area (Å²) in [5, 5.41) is 0. The third kappa shape index (κ3) is 8.06. The second-order valence-electron chi connectivity index (χ2n) is 8.77. The van der Waals surface area contributed by atoms with Gasteiger partial charge < -0.3 is 9.64 Å². The zero-order valence-electron chi connectivity index (χ0n) is 17.0. The molecule has 4 nitrogen and oxygen atoms in total. The molecule has 0 radical (unpaired) electrons. The Morgan fingerprint density at radius 3 is 2.44 bits per heavy atom. The van der Waals surface area contributed by atoms with E-state index in [4.69, 9.17) is 4.74 Å². The predicted octanol–water partition coefficient (Wildman–Crippen LogP) is 4.59. The number of carbonyl (C=O) groups is 2. The number of ether oxygens (including phenoxy) is 1. The highest BCUT2D eigenvalue weighted by Crippen LogP contribution is 2.30. The van der Waals surface area contributed by atoms with Gasteiger partial charge in [-0.2, -0.15) is 0 Å². The molecule has 0 N–H and O–H groups in total. The molecule has 0 saturated heterocycles. The van der Waals surface area contributed by atoms with Crippen molar-refractivity contribution < 1.29 is 14.3 Å². The summed E-state index contributed by atoms with van der Waals surface area (Å²) in [6.07, 6.45) is 8.98. The fraction of sp³-hybridized carbons (Fsp3) is 0.810. The number of amides is 1. The summed E-state index contributed by atoms with van der Waals surface area (Å²) in [5.41, 5.74) is -0.0659. The number of cyclic esters (lactones) is 1. The SMILES string of the molecule is C[C@@H]1CC/C=C/C(=O)N(C)CCCC[C@@H](C)C(=O)O[C@H](C(C)(C)C)C1. The second kappa shape index (κ2) is 9.98. The van der Waals surface area contributed by atoms with E-state index in [1.807, 2.05) is 20.0 Å². The number of carbonyl (C=O) groups excluding carboxylic acids is 2. The number of rotatable bonds is 0. The Hall–Kier alpha value is -1.32. The third-order valence-corrected chi connectivity index (χ3v) is 5.09. The number of likely N-dealkylation sites (N-methyl/N-ethyl adjacent to an activating group) is 1. The van der Waals surface area contributed by atoms with Crippen molar-refractivity contribution in [3.05, 3.63) is 12.2 Å². The molecule has 4 heteroatoms. The molecule has 0 aromatic rings. The van der Waals surface area contributed by atoms with Crippen LogP contribution in [-0.4, -0.2) is 36.5 Å². The van der Waals surface area contributed by atoms with Crippen LogP contribution >= 0.6 is 0 Å². The molecule has 0 aliphatic carbocycles. The smallest absolute Gasteiger partial charge is 0.308 e. The normalized spacial score (nSPS) is 30.0. The first-order chi connectivity index (χ1) is 11.6. The summed E-state index contributed by atoms with van der Waals surface area (Å²) in [4.78, 5) is 26.3. The Kier molecular flexibility index (Phi) is 8.67. The van der Waals surface area contributed by atoms with Crippen LogP contribution in [0.3, 0.4) is 0 Å². The van der Waals surface area contributed by atoms with Crippen LogP contribution < -0.4 is 0 Å². The van der Waals surface area contributed by atoms with E-state index in [0.29, 0.717) is 5.92 Å². The van der Waals surface area contributed by atoms with Gasteiger partial charge in [0.05, 0.1) is 5.92 Å². The summed E-state index contributed by atoms with van der Waals surface area (Å²) < 4.78 is 5.92. The molecule has 3 atom stereocenters. The van der Waals surface area contributed by atoms with Crippen molar-refractivity contribution >= 4 is 11.9 Å². The van der Waals surface area contributed by atoms with Crippen molar-refractivity contribution in [3.8, 4) is 0 Å². The maximum Gasteiger partial charge on any atom is 0.308 e. The Balaban J connectivity index is 2.83. The quantitative estimate of drug-likeness (QED) is 0.600. The molecule has 1 aliphatic rings. The van der Waals surface area contributed by atoms with Gasteiger partial charge in [-0.15, -0.1) is 0 Å². The van der Waals surface area contributed by atoms with Gasteiger partial charge in [-0.05, 0) is 49.5 Å². The Labute approximate surface area is 154 Å². The van der Waals surface area contributed by atoms with Crippen LogP contribution in [0.25, 0.3) is 0 Å². The van der Waals surface area contributed by atoms with Crippen LogP contribution in [0.2, 0.25) is 0 Å². The lowest BCUT2D eigenvalue weighted by molar-refractivity contribution is -0.160. The van der Waals surface area contributed by atoms with Crippen molar-refractivity contribution in [2.45, 2.75) is 79.2 Å². The van der Waals surface area contributed by atoms with Gasteiger partial charge >= 0.3 is 5.97 Å². The van der Waals surface area contributed by atoms with Gasteiger partial charge in [0.2, 0.25) is 5.91 Å². The lowest BCUT2D eigenvalue weighted by Gasteiger charge is -2.33. The molecule has 0 aromatic carbocycles. The molecule has 144 valence electrons. The molecule has 1 rings (SSSR count). The van der Waals surface area contributed by atoms with Crippen LogP contribution in [0.15, 0.2) is 12.2 Å². The Morgan fingerprint density at radius 2 is 1.80 bits per heavy atom. The number of allylic oxidation sites excluding steroid dienone is 1. The minimum absolute atomic E-state index is 0.0659. The molecule has 0 unspecified atom stereocenters. The van der Waals surface area contributed by atoms with Gasteiger partial charge in [0.25, 0.3) is 0 Å². The number of nitrogens with zero attached hydrogens (tertiary/aromatic N) is 1. The highest BCUT2D eigenvalue weighted by molar-refractivity contribution is 5.87. The fourth-order valence-corrected chi connectivity index (χ4v) is 3.04. The van der Waals surface area contributed by atoms with E-state index in [-0.39, 0.29) is 29.3 Å². The zero-order valence-corrected chi connectivity index (χ0v) is 17.0. The van der Waals surface area contributed by atoms with E-state index in [2.05, 4.69) is 27.7 Å². The van der Waals surface area contributed by atoms with E-state index in [0.717, 1.165) is 45.1 Å². The maximum atomic E-state index is 12.5. The van der Waals surface area contributed by atoms with Gasteiger partial charge in [-0.25, -0.2) is 0 Å². The van der Waals surface area contributed by atoms with Crippen molar-refractivity contribution in [3.63, 3.8) is 0 Å². The van der Waals surface area contributed by atoms with Gasteiger partial charge in [0, 0.05) is 13.6 Å². The second-order valence-corrected chi connectivity index (χ2v) is 8.77. The Morgan fingerprint density at radius 1 is 1.12 bits per heavy atom. The van der Waals surface area contributed by atoms with Crippen LogP contribution in [0.4, 0.5) is 0 Å². The largest absolute Gasteiger partial charge is 0.462 e. The monoisotopic (exact) mass is 351 g/mol. The van der Waals surface area contributed by atoms with E-state index >= 15 is 0 Å². The Bertz CT molecular complexity index is 464. The first kappa shape index (κ1) is 21.7. The van der Waals surface area contributed by atoms with Gasteiger partial charge in [-0.1, -0.05) is 47.1 Å². The topological polar surface area (TPSA) is 46.6 Å². The van der Waals surface area contributed by atoms with Crippen LogP contribution in [0.5, 0.6) is 0 Å².